The van der Waals surface area contributed by atoms with Crippen LogP contribution in [0.3, 0.4) is 0 Å². The lowest BCUT2D eigenvalue weighted by atomic mass is 10.1. The van der Waals surface area contributed by atoms with E-state index in [9.17, 15) is 9.59 Å². The van der Waals surface area contributed by atoms with Crippen molar-refractivity contribution in [3.8, 4) is 0 Å². The molecule has 0 aliphatic carbocycles. The molecular formula is C21H19BrO4S. The molecule has 27 heavy (non-hydrogen) atoms. The summed E-state index contributed by atoms with van der Waals surface area (Å²) in [6, 6.07) is 11.1. The van der Waals surface area contributed by atoms with Gasteiger partial charge in [-0.2, -0.15) is 0 Å². The number of rotatable bonds is 5. The van der Waals surface area contributed by atoms with Crippen molar-refractivity contribution in [2.24, 2.45) is 0 Å². The van der Waals surface area contributed by atoms with Gasteiger partial charge in [-0.15, -0.1) is 11.8 Å². The summed E-state index contributed by atoms with van der Waals surface area (Å²) in [6.45, 7) is 5.99. The maximum atomic E-state index is 12.2. The lowest BCUT2D eigenvalue weighted by molar-refractivity contribution is -0.141. The minimum absolute atomic E-state index is 0.0445. The molecule has 6 heteroatoms. The molecule has 0 atom stereocenters. The van der Waals surface area contributed by atoms with Crippen LogP contribution in [0.25, 0.3) is 11.0 Å². The molecule has 1 heterocycles. The summed E-state index contributed by atoms with van der Waals surface area (Å²) in [7, 11) is 0. The number of hydrogen-bond donors (Lipinski definition) is 0. The van der Waals surface area contributed by atoms with Crippen molar-refractivity contribution in [1.82, 2.24) is 0 Å². The summed E-state index contributed by atoms with van der Waals surface area (Å²) in [5.74, 6) is -0.117. The maximum absolute atomic E-state index is 12.2. The SMILES string of the molecule is Cc1ccc2c(COC(=O)CSc3cc(C)c(Br)cc3C)cc(=O)oc2c1. The molecule has 140 valence electrons. The van der Waals surface area contributed by atoms with Crippen LogP contribution in [-0.4, -0.2) is 11.7 Å². The summed E-state index contributed by atoms with van der Waals surface area (Å²) < 4.78 is 11.7. The highest BCUT2D eigenvalue weighted by Crippen LogP contribution is 2.28. The zero-order chi connectivity index (χ0) is 19.6. The predicted octanol–water partition coefficient (Wildman–Crippen LogP) is 5.32. The van der Waals surface area contributed by atoms with Crippen molar-refractivity contribution < 1.29 is 13.9 Å². The van der Waals surface area contributed by atoms with Crippen molar-refractivity contribution in [2.45, 2.75) is 32.3 Å². The molecule has 0 amide bonds. The minimum atomic E-state index is -0.450. The molecule has 0 saturated carbocycles. The van der Waals surface area contributed by atoms with Crippen LogP contribution >= 0.6 is 27.7 Å². The van der Waals surface area contributed by atoms with Gasteiger partial charge in [0.25, 0.3) is 0 Å². The van der Waals surface area contributed by atoms with Gasteiger partial charge in [-0.05, 0) is 55.7 Å². The van der Waals surface area contributed by atoms with Crippen LogP contribution in [0.4, 0.5) is 0 Å². The first kappa shape index (κ1) is 19.7. The minimum Gasteiger partial charge on any atom is -0.460 e. The zero-order valence-electron chi connectivity index (χ0n) is 15.3. The van der Waals surface area contributed by atoms with E-state index in [-0.39, 0.29) is 18.3 Å². The van der Waals surface area contributed by atoms with E-state index < -0.39 is 5.63 Å². The number of thioether (sulfide) groups is 1. The largest absolute Gasteiger partial charge is 0.460 e. The lowest BCUT2D eigenvalue weighted by Gasteiger charge is -2.10. The van der Waals surface area contributed by atoms with Gasteiger partial charge >= 0.3 is 11.6 Å². The number of carbonyl (C=O) groups is 1. The summed E-state index contributed by atoms with van der Waals surface area (Å²) >= 11 is 4.95. The van der Waals surface area contributed by atoms with E-state index >= 15 is 0 Å². The van der Waals surface area contributed by atoms with Crippen LogP contribution < -0.4 is 5.63 Å². The van der Waals surface area contributed by atoms with Gasteiger partial charge in [-0.3, -0.25) is 4.79 Å². The zero-order valence-corrected chi connectivity index (χ0v) is 17.7. The Hall–Kier alpha value is -2.05. The molecular weight excluding hydrogens is 428 g/mol. The van der Waals surface area contributed by atoms with E-state index in [1.165, 1.54) is 17.8 Å². The third-order valence-electron chi connectivity index (χ3n) is 4.18. The molecule has 0 radical (unpaired) electrons. The molecule has 0 spiro atoms. The second-order valence-corrected chi connectivity index (χ2v) is 8.28. The van der Waals surface area contributed by atoms with Gasteiger partial charge in [0.2, 0.25) is 0 Å². The Balaban J connectivity index is 1.67. The highest BCUT2D eigenvalue weighted by molar-refractivity contribution is 9.10. The average molecular weight is 447 g/mol. The predicted molar refractivity (Wildman–Crippen MR) is 111 cm³/mol. The Morgan fingerprint density at radius 1 is 1.11 bits per heavy atom. The number of aryl methyl sites for hydroxylation is 3. The molecule has 3 aromatic rings. The molecule has 0 N–H and O–H groups in total. The number of halogens is 1. The molecule has 0 aliphatic rings. The van der Waals surface area contributed by atoms with Crippen molar-refractivity contribution >= 4 is 44.6 Å². The van der Waals surface area contributed by atoms with Gasteiger partial charge in [0.15, 0.2) is 0 Å². The van der Waals surface area contributed by atoms with Gasteiger partial charge in [0, 0.05) is 26.4 Å². The van der Waals surface area contributed by atoms with Crippen molar-refractivity contribution in [3.63, 3.8) is 0 Å². The third-order valence-corrected chi connectivity index (χ3v) is 6.16. The fourth-order valence-electron chi connectivity index (χ4n) is 2.70. The average Bonchev–Trinajstić information content (AvgIpc) is 2.61. The molecule has 0 aliphatic heterocycles. The summed E-state index contributed by atoms with van der Waals surface area (Å²) in [5.41, 5.74) is 3.92. The second kappa shape index (κ2) is 8.31. The quantitative estimate of drug-likeness (QED) is 0.301. The number of hydrogen-bond acceptors (Lipinski definition) is 5. The normalized spacial score (nSPS) is 11.0. The Bertz CT molecular complexity index is 1070. The summed E-state index contributed by atoms with van der Waals surface area (Å²) in [4.78, 5) is 25.0. The van der Waals surface area contributed by atoms with Crippen LogP contribution in [0.1, 0.15) is 22.3 Å². The number of esters is 1. The Morgan fingerprint density at radius 3 is 2.67 bits per heavy atom. The van der Waals surface area contributed by atoms with Gasteiger partial charge in [0.05, 0.1) is 5.75 Å². The molecule has 3 rings (SSSR count). The number of ether oxygens (including phenoxy) is 1. The van der Waals surface area contributed by atoms with E-state index in [0.717, 1.165) is 31.4 Å². The van der Waals surface area contributed by atoms with E-state index in [0.29, 0.717) is 11.1 Å². The first-order valence-electron chi connectivity index (χ1n) is 8.42. The fraction of sp³-hybridized carbons (Fsp3) is 0.238. The van der Waals surface area contributed by atoms with Gasteiger partial charge < -0.3 is 9.15 Å². The van der Waals surface area contributed by atoms with Gasteiger partial charge in [0.1, 0.15) is 12.2 Å². The van der Waals surface area contributed by atoms with Crippen LogP contribution in [0.2, 0.25) is 0 Å². The Morgan fingerprint density at radius 2 is 1.89 bits per heavy atom. The van der Waals surface area contributed by atoms with Gasteiger partial charge in [-0.1, -0.05) is 28.1 Å². The first-order valence-corrected chi connectivity index (χ1v) is 10.2. The standard InChI is InChI=1S/C21H19BrO4S/c1-12-4-5-16-15(9-20(23)26-18(16)6-12)10-25-21(24)11-27-19-8-13(2)17(22)7-14(19)3/h4-9H,10-11H2,1-3H3. The van der Waals surface area contributed by atoms with E-state index in [1.807, 2.05) is 39.0 Å². The maximum Gasteiger partial charge on any atom is 0.336 e. The number of fused-ring (bicyclic) bond motifs is 1. The van der Waals surface area contributed by atoms with Crippen LogP contribution in [0.15, 0.2) is 55.0 Å². The van der Waals surface area contributed by atoms with Crippen molar-refractivity contribution in [2.75, 3.05) is 5.75 Å². The number of benzene rings is 2. The summed E-state index contributed by atoms with van der Waals surface area (Å²) in [5, 5.41) is 0.778. The first-order chi connectivity index (χ1) is 12.8. The number of carbonyl (C=O) groups excluding carboxylic acids is 1. The van der Waals surface area contributed by atoms with E-state index in [2.05, 4.69) is 22.0 Å². The highest BCUT2D eigenvalue weighted by Gasteiger charge is 2.11. The smallest absolute Gasteiger partial charge is 0.336 e. The topological polar surface area (TPSA) is 56.5 Å². The van der Waals surface area contributed by atoms with E-state index in [1.54, 1.807) is 6.07 Å². The van der Waals surface area contributed by atoms with Crippen LogP contribution in [-0.2, 0) is 16.1 Å². The Labute approximate surface area is 170 Å². The van der Waals surface area contributed by atoms with Gasteiger partial charge in [-0.25, -0.2) is 4.79 Å². The third kappa shape index (κ3) is 4.82. The van der Waals surface area contributed by atoms with Crippen LogP contribution in [0, 0.1) is 20.8 Å². The van der Waals surface area contributed by atoms with Crippen LogP contribution in [0.5, 0.6) is 0 Å². The molecule has 0 unspecified atom stereocenters. The second-order valence-electron chi connectivity index (χ2n) is 6.41. The fourth-order valence-corrected chi connectivity index (χ4v) is 4.06. The van der Waals surface area contributed by atoms with E-state index in [4.69, 9.17) is 9.15 Å². The molecule has 0 saturated heterocycles. The molecule has 2 aromatic carbocycles. The monoisotopic (exact) mass is 446 g/mol. The molecule has 0 fully saturated rings. The molecule has 4 nitrogen and oxygen atoms in total. The highest BCUT2D eigenvalue weighted by atomic mass is 79.9. The lowest BCUT2D eigenvalue weighted by Crippen LogP contribution is -2.09. The Kier molecular flexibility index (Phi) is 6.07. The molecule has 1 aromatic heterocycles. The van der Waals surface area contributed by atoms with Crippen molar-refractivity contribution in [1.29, 1.82) is 0 Å². The molecule has 0 bridgehead atoms. The summed E-state index contributed by atoms with van der Waals surface area (Å²) in [6.07, 6.45) is 0. The van der Waals surface area contributed by atoms with Crippen molar-refractivity contribution in [3.05, 3.63) is 73.5 Å².